The van der Waals surface area contributed by atoms with Gasteiger partial charge in [0.1, 0.15) is 0 Å². The largest absolute Gasteiger partial charge is 0.381 e. The van der Waals surface area contributed by atoms with E-state index in [9.17, 15) is 0 Å². The maximum atomic E-state index is 6.42. The van der Waals surface area contributed by atoms with Gasteiger partial charge < -0.3 is 10.5 Å². The normalized spacial score (nSPS) is 18.6. The highest BCUT2D eigenvalue weighted by atomic mass is 16.5. The van der Waals surface area contributed by atoms with Gasteiger partial charge in [-0.2, -0.15) is 0 Å². The van der Waals surface area contributed by atoms with E-state index in [1.165, 1.54) is 16.3 Å². The molecule has 0 spiro atoms. The number of fused-ring (bicyclic) bond motifs is 1. The smallest absolute Gasteiger partial charge is 0.0469 e. The molecule has 1 aliphatic rings. The van der Waals surface area contributed by atoms with E-state index in [0.29, 0.717) is 5.92 Å². The molecule has 3 rings (SSSR count). The van der Waals surface area contributed by atoms with Crippen LogP contribution in [0.25, 0.3) is 10.8 Å². The first-order valence-electron chi connectivity index (χ1n) is 7.14. The highest BCUT2D eigenvalue weighted by Crippen LogP contribution is 2.24. The van der Waals surface area contributed by atoms with Crippen LogP contribution in [0.3, 0.4) is 0 Å². The SMILES string of the molecule is NC(Cc1cccc2ccccc12)C1CCOCC1. The summed E-state index contributed by atoms with van der Waals surface area (Å²) in [5.41, 5.74) is 7.79. The molecule has 19 heavy (non-hydrogen) atoms. The van der Waals surface area contributed by atoms with E-state index < -0.39 is 0 Å². The molecule has 1 aliphatic heterocycles. The molecule has 2 aromatic carbocycles. The second-order valence-corrected chi connectivity index (χ2v) is 5.46. The van der Waals surface area contributed by atoms with Crippen LogP contribution in [0.2, 0.25) is 0 Å². The second-order valence-electron chi connectivity index (χ2n) is 5.46. The van der Waals surface area contributed by atoms with Gasteiger partial charge in [-0.25, -0.2) is 0 Å². The lowest BCUT2D eigenvalue weighted by molar-refractivity contribution is 0.0585. The topological polar surface area (TPSA) is 35.2 Å². The quantitative estimate of drug-likeness (QED) is 0.914. The van der Waals surface area contributed by atoms with Crippen LogP contribution in [0, 0.1) is 5.92 Å². The standard InChI is InChI=1S/C17H21NO/c18-17(14-8-10-19-11-9-14)12-15-6-3-5-13-4-1-2-7-16(13)15/h1-7,14,17H,8-12,18H2. The minimum atomic E-state index is 0.245. The van der Waals surface area contributed by atoms with Crippen LogP contribution in [0.5, 0.6) is 0 Å². The first-order valence-corrected chi connectivity index (χ1v) is 7.14. The zero-order valence-electron chi connectivity index (χ0n) is 11.2. The fourth-order valence-corrected chi connectivity index (χ4v) is 3.04. The molecule has 0 aliphatic carbocycles. The van der Waals surface area contributed by atoms with Crippen molar-refractivity contribution in [3.8, 4) is 0 Å². The summed E-state index contributed by atoms with van der Waals surface area (Å²) >= 11 is 0. The molecule has 0 radical (unpaired) electrons. The lowest BCUT2D eigenvalue weighted by atomic mass is 9.87. The molecule has 2 nitrogen and oxygen atoms in total. The third-order valence-electron chi connectivity index (χ3n) is 4.21. The first kappa shape index (κ1) is 12.6. The molecule has 0 bridgehead atoms. The maximum absolute atomic E-state index is 6.42. The minimum Gasteiger partial charge on any atom is -0.381 e. The Morgan fingerprint density at radius 2 is 1.79 bits per heavy atom. The summed E-state index contributed by atoms with van der Waals surface area (Å²) in [5.74, 6) is 0.604. The van der Waals surface area contributed by atoms with Crippen LogP contribution >= 0.6 is 0 Å². The fraction of sp³-hybridized carbons (Fsp3) is 0.412. The lowest BCUT2D eigenvalue weighted by Gasteiger charge is -2.28. The van der Waals surface area contributed by atoms with E-state index in [2.05, 4.69) is 42.5 Å². The van der Waals surface area contributed by atoms with Crippen molar-refractivity contribution >= 4 is 10.8 Å². The molecular weight excluding hydrogens is 234 g/mol. The molecule has 2 N–H and O–H groups in total. The summed E-state index contributed by atoms with van der Waals surface area (Å²) in [6.45, 7) is 1.74. The molecule has 2 aromatic rings. The predicted molar refractivity (Wildman–Crippen MR) is 79.2 cm³/mol. The highest BCUT2D eigenvalue weighted by molar-refractivity contribution is 5.85. The summed E-state index contributed by atoms with van der Waals surface area (Å²) in [5, 5.41) is 2.65. The summed E-state index contributed by atoms with van der Waals surface area (Å²) in [6, 6.07) is 15.3. The molecule has 0 saturated carbocycles. The average Bonchev–Trinajstić information content (AvgIpc) is 2.48. The van der Waals surface area contributed by atoms with Crippen LogP contribution in [-0.2, 0) is 11.2 Å². The van der Waals surface area contributed by atoms with E-state index in [1.807, 2.05) is 0 Å². The Hall–Kier alpha value is -1.38. The Bertz CT molecular complexity index is 540. The third kappa shape index (κ3) is 2.80. The molecule has 1 saturated heterocycles. The van der Waals surface area contributed by atoms with Gasteiger partial charge in [-0.15, -0.1) is 0 Å². The zero-order valence-corrected chi connectivity index (χ0v) is 11.2. The van der Waals surface area contributed by atoms with E-state index in [0.717, 1.165) is 32.5 Å². The van der Waals surface area contributed by atoms with Crippen LogP contribution in [0.15, 0.2) is 42.5 Å². The van der Waals surface area contributed by atoms with E-state index in [-0.39, 0.29) is 6.04 Å². The van der Waals surface area contributed by atoms with Gasteiger partial charge in [0.05, 0.1) is 0 Å². The highest BCUT2D eigenvalue weighted by Gasteiger charge is 2.21. The van der Waals surface area contributed by atoms with Crippen molar-refractivity contribution in [1.29, 1.82) is 0 Å². The van der Waals surface area contributed by atoms with Gasteiger partial charge in [-0.05, 0) is 41.5 Å². The van der Waals surface area contributed by atoms with Crippen molar-refractivity contribution in [1.82, 2.24) is 0 Å². The molecule has 2 heteroatoms. The summed E-state index contributed by atoms with van der Waals surface area (Å²) in [4.78, 5) is 0. The number of benzene rings is 2. The third-order valence-corrected chi connectivity index (χ3v) is 4.21. The summed E-state index contributed by atoms with van der Waals surface area (Å²) in [6.07, 6.45) is 3.17. The van der Waals surface area contributed by atoms with Gasteiger partial charge in [0, 0.05) is 19.3 Å². The molecule has 0 aromatic heterocycles. The maximum Gasteiger partial charge on any atom is 0.0469 e. The Morgan fingerprint density at radius 3 is 2.63 bits per heavy atom. The molecular formula is C17H21NO. The van der Waals surface area contributed by atoms with Crippen molar-refractivity contribution in [3.63, 3.8) is 0 Å². The Labute approximate surface area is 114 Å². The number of hydrogen-bond donors (Lipinski definition) is 1. The van der Waals surface area contributed by atoms with E-state index in [4.69, 9.17) is 10.5 Å². The molecule has 1 unspecified atom stereocenters. The fourth-order valence-electron chi connectivity index (χ4n) is 3.04. The lowest BCUT2D eigenvalue weighted by Crippen LogP contribution is -2.36. The number of rotatable bonds is 3. The second kappa shape index (κ2) is 5.72. The van der Waals surface area contributed by atoms with Crippen molar-refractivity contribution in [2.24, 2.45) is 11.7 Å². The van der Waals surface area contributed by atoms with Gasteiger partial charge in [0.15, 0.2) is 0 Å². The van der Waals surface area contributed by atoms with Gasteiger partial charge in [0.25, 0.3) is 0 Å². The van der Waals surface area contributed by atoms with Crippen LogP contribution < -0.4 is 5.73 Å². The average molecular weight is 255 g/mol. The van der Waals surface area contributed by atoms with Gasteiger partial charge in [0.2, 0.25) is 0 Å². The molecule has 1 atom stereocenters. The Kier molecular flexibility index (Phi) is 3.81. The number of hydrogen-bond acceptors (Lipinski definition) is 2. The van der Waals surface area contributed by atoms with E-state index >= 15 is 0 Å². The minimum absolute atomic E-state index is 0.245. The van der Waals surface area contributed by atoms with E-state index in [1.54, 1.807) is 0 Å². The van der Waals surface area contributed by atoms with Gasteiger partial charge in [-0.1, -0.05) is 42.5 Å². The van der Waals surface area contributed by atoms with Gasteiger partial charge >= 0.3 is 0 Å². The van der Waals surface area contributed by atoms with Crippen molar-refractivity contribution in [2.45, 2.75) is 25.3 Å². The summed E-state index contributed by atoms with van der Waals surface area (Å²) in [7, 11) is 0. The van der Waals surface area contributed by atoms with Crippen LogP contribution in [0.1, 0.15) is 18.4 Å². The molecule has 100 valence electrons. The molecule has 1 heterocycles. The first-order chi connectivity index (χ1) is 9.34. The zero-order chi connectivity index (χ0) is 13.1. The van der Waals surface area contributed by atoms with Crippen molar-refractivity contribution in [2.75, 3.05) is 13.2 Å². The van der Waals surface area contributed by atoms with Crippen molar-refractivity contribution < 1.29 is 4.74 Å². The Morgan fingerprint density at radius 1 is 1.05 bits per heavy atom. The number of nitrogens with two attached hydrogens (primary N) is 1. The number of ether oxygens (including phenoxy) is 1. The summed E-state index contributed by atoms with van der Waals surface area (Å²) < 4.78 is 5.41. The predicted octanol–water partition coefficient (Wildman–Crippen LogP) is 3.14. The van der Waals surface area contributed by atoms with Gasteiger partial charge in [-0.3, -0.25) is 0 Å². The molecule has 0 amide bonds. The van der Waals surface area contributed by atoms with Crippen LogP contribution in [0.4, 0.5) is 0 Å². The Balaban J connectivity index is 1.80. The molecule has 1 fully saturated rings. The van der Waals surface area contributed by atoms with Crippen LogP contribution in [-0.4, -0.2) is 19.3 Å². The monoisotopic (exact) mass is 255 g/mol. The van der Waals surface area contributed by atoms with Crippen molar-refractivity contribution in [3.05, 3.63) is 48.0 Å².